The maximum atomic E-state index is 5.48. The first-order chi connectivity index (χ1) is 7.67. The molecule has 0 spiro atoms. The Balaban J connectivity index is 4.42. The molecule has 4 N–H and O–H groups in total. The van der Waals surface area contributed by atoms with Crippen LogP contribution in [-0.2, 0) is 0 Å². The van der Waals surface area contributed by atoms with E-state index in [-0.39, 0.29) is 5.54 Å². The Bertz CT molecular complexity index is 189. The highest BCUT2D eigenvalue weighted by molar-refractivity contribution is 5.79. The van der Waals surface area contributed by atoms with Crippen molar-refractivity contribution in [3.63, 3.8) is 0 Å². The van der Waals surface area contributed by atoms with E-state index in [1.807, 2.05) is 0 Å². The second-order valence-electron chi connectivity index (χ2n) is 4.19. The second-order valence-corrected chi connectivity index (χ2v) is 4.19. The third kappa shape index (κ3) is 4.84. The van der Waals surface area contributed by atoms with Crippen molar-refractivity contribution in [3.8, 4) is 0 Å². The molecule has 4 nitrogen and oxygen atoms in total. The maximum absolute atomic E-state index is 5.48. The van der Waals surface area contributed by atoms with Crippen LogP contribution in [0.1, 0.15) is 59.8 Å². The fourth-order valence-electron chi connectivity index (χ4n) is 1.74. The summed E-state index contributed by atoms with van der Waals surface area (Å²) in [5.74, 6) is 6.20. The Labute approximate surface area is 100 Å². The number of aliphatic imine (C=N–C) groups is 1. The molecule has 0 saturated heterocycles. The zero-order chi connectivity index (χ0) is 12.4. The van der Waals surface area contributed by atoms with Crippen molar-refractivity contribution in [2.45, 2.75) is 65.3 Å². The Morgan fingerprint density at radius 1 is 1.12 bits per heavy atom. The van der Waals surface area contributed by atoms with Gasteiger partial charge in [-0.2, -0.15) is 0 Å². The Morgan fingerprint density at radius 3 is 2.06 bits per heavy atom. The monoisotopic (exact) mass is 228 g/mol. The van der Waals surface area contributed by atoms with Crippen LogP contribution in [0.25, 0.3) is 0 Å². The average Bonchev–Trinajstić information content (AvgIpc) is 2.34. The van der Waals surface area contributed by atoms with Gasteiger partial charge in [0, 0.05) is 12.1 Å². The Hall–Kier alpha value is -0.770. The van der Waals surface area contributed by atoms with Crippen molar-refractivity contribution in [2.24, 2.45) is 10.8 Å². The Morgan fingerprint density at radius 2 is 1.69 bits per heavy atom. The number of nitrogens with one attached hydrogen (secondary N) is 2. The van der Waals surface area contributed by atoms with Crippen molar-refractivity contribution >= 4 is 5.96 Å². The molecular formula is C12H28N4. The molecule has 0 aliphatic carbocycles. The van der Waals surface area contributed by atoms with Gasteiger partial charge in [-0.3, -0.25) is 10.4 Å². The molecule has 4 heteroatoms. The van der Waals surface area contributed by atoms with E-state index in [9.17, 15) is 0 Å². The average molecular weight is 228 g/mol. The highest BCUT2D eigenvalue weighted by atomic mass is 15.3. The smallest absolute Gasteiger partial charge is 0.206 e. The van der Waals surface area contributed by atoms with Crippen molar-refractivity contribution in [1.82, 2.24) is 10.7 Å². The molecule has 0 aliphatic heterocycles. The molecule has 0 atom stereocenters. The fraction of sp³-hybridized carbons (Fsp3) is 0.917. The number of hydrogen-bond donors (Lipinski definition) is 3. The summed E-state index contributed by atoms with van der Waals surface area (Å²) in [6, 6.07) is 0. The number of rotatable bonds is 7. The van der Waals surface area contributed by atoms with E-state index in [1.165, 1.54) is 0 Å². The van der Waals surface area contributed by atoms with Gasteiger partial charge in [-0.25, -0.2) is 5.84 Å². The molecule has 0 aliphatic rings. The molecule has 0 aromatic carbocycles. The molecular weight excluding hydrogens is 200 g/mol. The van der Waals surface area contributed by atoms with E-state index in [4.69, 9.17) is 5.84 Å². The van der Waals surface area contributed by atoms with Crippen LogP contribution in [0.3, 0.4) is 0 Å². The van der Waals surface area contributed by atoms with Gasteiger partial charge >= 0.3 is 0 Å². The normalized spacial score (nSPS) is 12.7. The lowest BCUT2D eigenvalue weighted by atomic mass is 9.90. The molecule has 0 unspecified atom stereocenters. The van der Waals surface area contributed by atoms with E-state index in [2.05, 4.69) is 43.4 Å². The topological polar surface area (TPSA) is 62.4 Å². The predicted molar refractivity (Wildman–Crippen MR) is 71.3 cm³/mol. The third-order valence-corrected chi connectivity index (χ3v) is 3.33. The van der Waals surface area contributed by atoms with Gasteiger partial charge in [0.2, 0.25) is 5.96 Å². The molecule has 0 aromatic rings. The third-order valence-electron chi connectivity index (χ3n) is 3.33. The van der Waals surface area contributed by atoms with Gasteiger partial charge < -0.3 is 5.32 Å². The molecule has 0 radical (unpaired) electrons. The van der Waals surface area contributed by atoms with Crippen molar-refractivity contribution in [1.29, 1.82) is 0 Å². The first kappa shape index (κ1) is 15.2. The predicted octanol–water partition coefficient (Wildman–Crippen LogP) is 2.16. The van der Waals surface area contributed by atoms with Gasteiger partial charge in [0.15, 0.2) is 0 Å². The molecule has 0 heterocycles. The van der Waals surface area contributed by atoms with Gasteiger partial charge in [-0.15, -0.1) is 0 Å². The second kappa shape index (κ2) is 8.39. The zero-order valence-corrected chi connectivity index (χ0v) is 11.3. The standard InChI is InChI=1S/C12H28N4/c1-5-9-10-14-11(16-13)15-12(6-2,7-3)8-4/h5-10,13H2,1-4H3,(H2,14,15,16). The van der Waals surface area contributed by atoms with Crippen LogP contribution < -0.4 is 16.6 Å². The van der Waals surface area contributed by atoms with Crippen LogP contribution >= 0.6 is 0 Å². The molecule has 0 amide bonds. The first-order valence-electron chi connectivity index (χ1n) is 6.47. The largest absolute Gasteiger partial charge is 0.350 e. The summed E-state index contributed by atoms with van der Waals surface area (Å²) in [7, 11) is 0. The summed E-state index contributed by atoms with van der Waals surface area (Å²) in [4.78, 5) is 4.43. The summed E-state index contributed by atoms with van der Waals surface area (Å²) in [5, 5.41) is 3.44. The van der Waals surface area contributed by atoms with E-state index in [1.54, 1.807) is 0 Å². The molecule has 0 aromatic heterocycles. The van der Waals surface area contributed by atoms with Crippen molar-refractivity contribution < 1.29 is 0 Å². The van der Waals surface area contributed by atoms with Crippen LogP contribution in [0.15, 0.2) is 4.99 Å². The van der Waals surface area contributed by atoms with Gasteiger partial charge in [-0.05, 0) is 25.7 Å². The molecule has 16 heavy (non-hydrogen) atoms. The number of hydrazine groups is 1. The number of nitrogens with two attached hydrogens (primary N) is 1. The van der Waals surface area contributed by atoms with E-state index >= 15 is 0 Å². The van der Waals surface area contributed by atoms with Crippen molar-refractivity contribution in [2.75, 3.05) is 6.54 Å². The number of hydrogen-bond acceptors (Lipinski definition) is 2. The molecule has 0 saturated carbocycles. The van der Waals surface area contributed by atoms with Gasteiger partial charge in [0.25, 0.3) is 0 Å². The minimum absolute atomic E-state index is 0.122. The summed E-state index contributed by atoms with van der Waals surface area (Å²) in [5.41, 5.74) is 2.78. The van der Waals surface area contributed by atoms with Crippen LogP contribution in [0, 0.1) is 0 Å². The minimum Gasteiger partial charge on any atom is -0.350 e. The van der Waals surface area contributed by atoms with E-state index in [0.717, 1.165) is 44.6 Å². The first-order valence-corrected chi connectivity index (χ1v) is 6.47. The summed E-state index contributed by atoms with van der Waals surface area (Å²) >= 11 is 0. The van der Waals surface area contributed by atoms with E-state index in [0.29, 0.717) is 0 Å². The summed E-state index contributed by atoms with van der Waals surface area (Å²) in [6.07, 6.45) is 5.49. The van der Waals surface area contributed by atoms with Crippen LogP contribution in [0.2, 0.25) is 0 Å². The number of nitrogens with zero attached hydrogens (tertiary/aromatic N) is 1. The van der Waals surface area contributed by atoms with Gasteiger partial charge in [0.05, 0.1) is 0 Å². The molecule has 0 rings (SSSR count). The minimum atomic E-state index is 0.122. The zero-order valence-electron chi connectivity index (χ0n) is 11.3. The lowest BCUT2D eigenvalue weighted by Gasteiger charge is -2.33. The lowest BCUT2D eigenvalue weighted by Crippen LogP contribution is -2.53. The highest BCUT2D eigenvalue weighted by Gasteiger charge is 2.24. The maximum Gasteiger partial charge on any atom is 0.206 e. The molecule has 0 fully saturated rings. The van der Waals surface area contributed by atoms with Gasteiger partial charge in [-0.1, -0.05) is 34.1 Å². The molecule has 96 valence electrons. The Kier molecular flexibility index (Phi) is 7.99. The SMILES string of the molecule is CCCCN=C(NN)NC(CC)(CC)CC. The van der Waals surface area contributed by atoms with Gasteiger partial charge in [0.1, 0.15) is 0 Å². The van der Waals surface area contributed by atoms with E-state index < -0.39 is 0 Å². The summed E-state index contributed by atoms with van der Waals surface area (Å²) < 4.78 is 0. The number of guanidine groups is 1. The van der Waals surface area contributed by atoms with Crippen LogP contribution in [0.5, 0.6) is 0 Å². The number of unbranched alkanes of at least 4 members (excludes halogenated alkanes) is 1. The lowest BCUT2D eigenvalue weighted by molar-refractivity contribution is 0.335. The quantitative estimate of drug-likeness (QED) is 0.206. The molecule has 0 bridgehead atoms. The summed E-state index contributed by atoms with van der Waals surface area (Å²) in [6.45, 7) is 9.57. The van der Waals surface area contributed by atoms with Crippen LogP contribution in [0.4, 0.5) is 0 Å². The van der Waals surface area contributed by atoms with Crippen molar-refractivity contribution in [3.05, 3.63) is 0 Å². The highest BCUT2D eigenvalue weighted by Crippen LogP contribution is 2.18. The fourth-order valence-corrected chi connectivity index (χ4v) is 1.74. The van der Waals surface area contributed by atoms with Crippen LogP contribution in [-0.4, -0.2) is 18.0 Å².